The second kappa shape index (κ2) is 6.02. The second-order valence-corrected chi connectivity index (χ2v) is 5.09. The minimum Gasteiger partial charge on any atom is -0.307 e. The van der Waals surface area contributed by atoms with E-state index in [1.165, 1.54) is 27.8 Å². The Hall–Kier alpha value is -1.08. The third-order valence-electron chi connectivity index (χ3n) is 2.97. The Morgan fingerprint density at radius 3 is 2.12 bits per heavy atom. The van der Waals surface area contributed by atoms with Crippen LogP contribution < -0.4 is 5.32 Å². The van der Waals surface area contributed by atoms with E-state index in [0.717, 1.165) is 6.54 Å². The van der Waals surface area contributed by atoms with Crippen LogP contribution in [0.2, 0.25) is 0 Å². The van der Waals surface area contributed by atoms with E-state index in [9.17, 15) is 0 Å². The van der Waals surface area contributed by atoms with Crippen LogP contribution in [-0.2, 0) is 0 Å². The minimum absolute atomic E-state index is 0.339. The van der Waals surface area contributed by atoms with Crippen molar-refractivity contribution >= 4 is 0 Å². The predicted molar refractivity (Wildman–Crippen MR) is 76.5 cm³/mol. The van der Waals surface area contributed by atoms with Crippen molar-refractivity contribution < 1.29 is 0 Å². The molecule has 1 rings (SSSR count). The highest BCUT2D eigenvalue weighted by Gasteiger charge is 2.13. The van der Waals surface area contributed by atoms with Gasteiger partial charge in [-0.2, -0.15) is 0 Å². The summed E-state index contributed by atoms with van der Waals surface area (Å²) in [6.07, 6.45) is 2.31. The van der Waals surface area contributed by atoms with Crippen LogP contribution in [0.15, 0.2) is 23.8 Å². The molecule has 0 radical (unpaired) electrons. The molecule has 94 valence electrons. The summed E-state index contributed by atoms with van der Waals surface area (Å²) < 4.78 is 0. The first-order chi connectivity index (χ1) is 7.95. The number of likely N-dealkylation sites (N-methyl/N-ethyl adjacent to an activating group) is 1. The van der Waals surface area contributed by atoms with Crippen molar-refractivity contribution in [2.45, 2.75) is 47.6 Å². The van der Waals surface area contributed by atoms with Gasteiger partial charge in [-0.15, -0.1) is 0 Å². The maximum atomic E-state index is 3.55. The average molecular weight is 231 g/mol. The van der Waals surface area contributed by atoms with Crippen LogP contribution in [0.1, 0.15) is 49.1 Å². The first-order valence-corrected chi connectivity index (χ1v) is 6.41. The molecule has 1 aromatic carbocycles. The van der Waals surface area contributed by atoms with Gasteiger partial charge >= 0.3 is 0 Å². The summed E-state index contributed by atoms with van der Waals surface area (Å²) in [4.78, 5) is 0. The average Bonchev–Trinajstić information content (AvgIpc) is 2.14. The zero-order valence-electron chi connectivity index (χ0n) is 12.0. The van der Waals surface area contributed by atoms with Crippen molar-refractivity contribution in [3.8, 4) is 0 Å². The molecular weight excluding hydrogens is 206 g/mol. The molecule has 0 amide bonds. The third kappa shape index (κ3) is 3.71. The molecule has 1 aromatic rings. The van der Waals surface area contributed by atoms with E-state index < -0.39 is 0 Å². The lowest BCUT2D eigenvalue weighted by atomic mass is 9.93. The van der Waals surface area contributed by atoms with Crippen LogP contribution in [0.5, 0.6) is 0 Å². The molecule has 1 nitrogen and oxygen atoms in total. The largest absolute Gasteiger partial charge is 0.307 e. The smallest absolute Gasteiger partial charge is 0.0513 e. The maximum Gasteiger partial charge on any atom is 0.0513 e. The van der Waals surface area contributed by atoms with Gasteiger partial charge in [-0.25, -0.2) is 0 Å². The molecule has 0 heterocycles. The monoisotopic (exact) mass is 231 g/mol. The Morgan fingerprint density at radius 1 is 1.18 bits per heavy atom. The standard InChI is InChI=1S/C16H25N/c1-7-17-15(8-11(2)3)16-13(5)9-12(4)10-14(16)6/h8-10,15,17H,7H2,1-6H3. The first-order valence-electron chi connectivity index (χ1n) is 6.41. The lowest BCUT2D eigenvalue weighted by Gasteiger charge is -2.20. The molecule has 0 aromatic heterocycles. The molecule has 0 fully saturated rings. The van der Waals surface area contributed by atoms with Crippen LogP contribution in [-0.4, -0.2) is 6.54 Å². The SMILES string of the molecule is CCNC(C=C(C)C)c1c(C)cc(C)cc1C. The number of nitrogens with one attached hydrogen (secondary N) is 1. The molecule has 1 atom stereocenters. The summed E-state index contributed by atoms with van der Waals surface area (Å²) in [7, 11) is 0. The molecule has 0 saturated heterocycles. The normalized spacial score (nSPS) is 12.4. The highest BCUT2D eigenvalue weighted by atomic mass is 14.9. The van der Waals surface area contributed by atoms with Gasteiger partial charge in [0.15, 0.2) is 0 Å². The zero-order valence-corrected chi connectivity index (χ0v) is 12.0. The van der Waals surface area contributed by atoms with Gasteiger partial charge in [-0.1, -0.05) is 36.3 Å². The number of rotatable bonds is 4. The van der Waals surface area contributed by atoms with Crippen LogP contribution in [0.4, 0.5) is 0 Å². The van der Waals surface area contributed by atoms with Crippen LogP contribution in [0, 0.1) is 20.8 Å². The molecule has 1 unspecified atom stereocenters. The summed E-state index contributed by atoms with van der Waals surface area (Å²) in [5, 5.41) is 3.55. The van der Waals surface area contributed by atoms with Crippen LogP contribution >= 0.6 is 0 Å². The third-order valence-corrected chi connectivity index (χ3v) is 2.97. The zero-order chi connectivity index (χ0) is 13.0. The molecule has 0 bridgehead atoms. The highest BCUT2D eigenvalue weighted by molar-refractivity contribution is 5.41. The molecule has 0 saturated carbocycles. The second-order valence-electron chi connectivity index (χ2n) is 5.09. The molecule has 0 aliphatic heterocycles. The van der Waals surface area contributed by atoms with Crippen molar-refractivity contribution in [1.29, 1.82) is 0 Å². The molecule has 1 heteroatoms. The van der Waals surface area contributed by atoms with Crippen LogP contribution in [0.3, 0.4) is 0 Å². The Balaban J connectivity index is 3.23. The number of hydrogen-bond acceptors (Lipinski definition) is 1. The van der Waals surface area contributed by atoms with Gasteiger partial charge in [0.2, 0.25) is 0 Å². The van der Waals surface area contributed by atoms with Crippen molar-refractivity contribution in [2.24, 2.45) is 0 Å². The summed E-state index contributed by atoms with van der Waals surface area (Å²) in [5.74, 6) is 0. The highest BCUT2D eigenvalue weighted by Crippen LogP contribution is 2.25. The molecule has 1 N–H and O–H groups in total. The van der Waals surface area contributed by atoms with Crippen molar-refractivity contribution in [2.75, 3.05) is 6.54 Å². The fourth-order valence-corrected chi connectivity index (χ4v) is 2.48. The Kier molecular flexibility index (Phi) is 4.95. The van der Waals surface area contributed by atoms with E-state index in [4.69, 9.17) is 0 Å². The van der Waals surface area contributed by atoms with E-state index in [-0.39, 0.29) is 0 Å². The number of benzene rings is 1. The van der Waals surface area contributed by atoms with Crippen molar-refractivity contribution in [1.82, 2.24) is 5.32 Å². The summed E-state index contributed by atoms with van der Waals surface area (Å²) in [6, 6.07) is 4.88. The van der Waals surface area contributed by atoms with E-state index in [0.29, 0.717) is 6.04 Å². The molecule has 0 spiro atoms. The van der Waals surface area contributed by atoms with Gasteiger partial charge in [0.05, 0.1) is 6.04 Å². The Labute approximate surface area is 106 Å². The summed E-state index contributed by atoms with van der Waals surface area (Å²) in [6.45, 7) is 14.0. The van der Waals surface area contributed by atoms with Crippen LogP contribution in [0.25, 0.3) is 0 Å². The van der Waals surface area contributed by atoms with Gasteiger partial charge in [0.1, 0.15) is 0 Å². The first kappa shape index (κ1) is 14.0. The fourth-order valence-electron chi connectivity index (χ4n) is 2.48. The Morgan fingerprint density at radius 2 is 1.71 bits per heavy atom. The fraction of sp³-hybridized carbons (Fsp3) is 0.500. The molecule has 0 aliphatic rings. The summed E-state index contributed by atoms with van der Waals surface area (Å²) in [5.41, 5.74) is 6.89. The van der Waals surface area contributed by atoms with Gasteiger partial charge in [-0.05, 0) is 57.9 Å². The van der Waals surface area contributed by atoms with Gasteiger partial charge in [0.25, 0.3) is 0 Å². The minimum atomic E-state index is 0.339. The van der Waals surface area contributed by atoms with E-state index in [1.807, 2.05) is 0 Å². The summed E-state index contributed by atoms with van der Waals surface area (Å²) >= 11 is 0. The van der Waals surface area contributed by atoms with Gasteiger partial charge in [-0.3, -0.25) is 0 Å². The van der Waals surface area contributed by atoms with Crippen molar-refractivity contribution in [3.63, 3.8) is 0 Å². The quantitative estimate of drug-likeness (QED) is 0.765. The number of allylic oxidation sites excluding steroid dienone is 1. The number of aryl methyl sites for hydroxylation is 3. The Bertz CT molecular complexity index is 389. The van der Waals surface area contributed by atoms with E-state index >= 15 is 0 Å². The van der Waals surface area contributed by atoms with Crippen molar-refractivity contribution in [3.05, 3.63) is 46.0 Å². The molecule has 0 aliphatic carbocycles. The van der Waals surface area contributed by atoms with E-state index in [2.05, 4.69) is 65.1 Å². The molecular formula is C16H25N. The molecule has 17 heavy (non-hydrogen) atoms. The maximum absolute atomic E-state index is 3.55. The topological polar surface area (TPSA) is 12.0 Å². The van der Waals surface area contributed by atoms with Gasteiger partial charge in [0, 0.05) is 0 Å². The lowest BCUT2D eigenvalue weighted by Crippen LogP contribution is -2.21. The number of hydrogen-bond donors (Lipinski definition) is 1. The van der Waals surface area contributed by atoms with E-state index in [1.54, 1.807) is 0 Å². The predicted octanol–water partition coefficient (Wildman–Crippen LogP) is 4.23. The van der Waals surface area contributed by atoms with Gasteiger partial charge < -0.3 is 5.32 Å². The lowest BCUT2D eigenvalue weighted by molar-refractivity contribution is 0.638.